The maximum absolute atomic E-state index is 12.5. The van der Waals surface area contributed by atoms with Crippen molar-refractivity contribution in [1.82, 2.24) is 4.90 Å². The number of anilines is 1. The van der Waals surface area contributed by atoms with E-state index in [4.69, 9.17) is 27.9 Å². The van der Waals surface area contributed by atoms with Gasteiger partial charge in [0.25, 0.3) is 5.91 Å². The van der Waals surface area contributed by atoms with E-state index in [2.05, 4.69) is 5.32 Å². The lowest BCUT2D eigenvalue weighted by atomic mass is 10.1. The third-order valence-corrected chi connectivity index (χ3v) is 5.53. The number of morpholine rings is 1. The van der Waals surface area contributed by atoms with Gasteiger partial charge in [-0.2, -0.15) is 0 Å². The minimum atomic E-state index is -1.02. The zero-order valence-corrected chi connectivity index (χ0v) is 14.3. The summed E-state index contributed by atoms with van der Waals surface area (Å²) in [6.45, 7) is 3.98. The first-order valence-electron chi connectivity index (χ1n) is 7.50. The van der Waals surface area contributed by atoms with Crippen LogP contribution in [0, 0.1) is 5.41 Å². The molecule has 2 amide bonds. The van der Waals surface area contributed by atoms with Gasteiger partial charge in [-0.15, -0.1) is 23.2 Å². The number of amides is 2. The highest BCUT2D eigenvalue weighted by Crippen LogP contribution is 2.64. The molecule has 0 spiro atoms. The van der Waals surface area contributed by atoms with Crippen molar-refractivity contribution in [2.75, 3.05) is 31.6 Å². The Morgan fingerprint density at radius 1 is 1.26 bits per heavy atom. The van der Waals surface area contributed by atoms with E-state index in [0.717, 1.165) is 0 Å². The molecule has 124 valence electrons. The molecule has 1 N–H and O–H groups in total. The predicted octanol–water partition coefficient (Wildman–Crippen LogP) is 2.68. The molecule has 1 aliphatic heterocycles. The average molecular weight is 357 g/mol. The molecule has 1 atom stereocenters. The fourth-order valence-electron chi connectivity index (χ4n) is 2.59. The molecule has 1 heterocycles. The van der Waals surface area contributed by atoms with E-state index in [9.17, 15) is 9.59 Å². The lowest BCUT2D eigenvalue weighted by molar-refractivity contribution is -0.120. The number of halogens is 2. The minimum absolute atomic E-state index is 0.0638. The number of benzene rings is 1. The van der Waals surface area contributed by atoms with Gasteiger partial charge in [-0.05, 0) is 31.5 Å². The topological polar surface area (TPSA) is 58.6 Å². The summed E-state index contributed by atoms with van der Waals surface area (Å²) >= 11 is 12.0. The van der Waals surface area contributed by atoms with Crippen LogP contribution in [0.15, 0.2) is 24.3 Å². The Morgan fingerprint density at radius 2 is 1.91 bits per heavy atom. The number of ether oxygens (including phenoxy) is 1. The molecule has 2 aliphatic rings. The quantitative estimate of drug-likeness (QED) is 0.847. The van der Waals surface area contributed by atoms with Crippen molar-refractivity contribution < 1.29 is 14.3 Å². The lowest BCUT2D eigenvalue weighted by Crippen LogP contribution is -2.40. The maximum atomic E-state index is 12.5. The molecule has 1 aromatic carbocycles. The van der Waals surface area contributed by atoms with E-state index in [1.54, 1.807) is 36.1 Å². The van der Waals surface area contributed by atoms with Crippen LogP contribution in [0.25, 0.3) is 0 Å². The summed E-state index contributed by atoms with van der Waals surface area (Å²) in [7, 11) is 0. The van der Waals surface area contributed by atoms with E-state index in [1.807, 2.05) is 0 Å². The van der Waals surface area contributed by atoms with Gasteiger partial charge in [0, 0.05) is 24.3 Å². The highest BCUT2D eigenvalue weighted by Gasteiger charge is 2.67. The van der Waals surface area contributed by atoms with Crippen molar-refractivity contribution in [3.63, 3.8) is 0 Å². The van der Waals surface area contributed by atoms with Crippen molar-refractivity contribution in [2.45, 2.75) is 17.7 Å². The molecule has 1 saturated carbocycles. The second kappa shape index (κ2) is 5.96. The van der Waals surface area contributed by atoms with E-state index in [-0.39, 0.29) is 11.8 Å². The Balaban J connectivity index is 1.70. The van der Waals surface area contributed by atoms with Crippen LogP contribution in [0.3, 0.4) is 0 Å². The second-order valence-electron chi connectivity index (χ2n) is 6.15. The standard InChI is InChI=1S/C16H18Cl2N2O3/c1-15(10-16(15,17)18)14(22)19-12-4-2-3-11(9-12)13(21)20-5-7-23-8-6-20/h2-4,9H,5-8,10H2,1H3,(H,19,22). The molecule has 1 aromatic rings. The van der Waals surface area contributed by atoms with Gasteiger partial charge in [0.05, 0.1) is 18.6 Å². The van der Waals surface area contributed by atoms with Crippen LogP contribution in [-0.2, 0) is 9.53 Å². The van der Waals surface area contributed by atoms with Crippen LogP contribution in [0.4, 0.5) is 5.69 Å². The van der Waals surface area contributed by atoms with Gasteiger partial charge >= 0.3 is 0 Å². The third-order valence-electron chi connectivity index (χ3n) is 4.42. The Bertz CT molecular complexity index is 644. The van der Waals surface area contributed by atoms with Crippen molar-refractivity contribution in [2.24, 2.45) is 5.41 Å². The largest absolute Gasteiger partial charge is 0.378 e. The highest BCUT2D eigenvalue weighted by atomic mass is 35.5. The number of carbonyl (C=O) groups is 2. The van der Waals surface area contributed by atoms with Gasteiger partial charge in [0.15, 0.2) is 0 Å². The van der Waals surface area contributed by atoms with Crippen LogP contribution < -0.4 is 5.32 Å². The molecular formula is C16H18Cl2N2O3. The van der Waals surface area contributed by atoms with Crippen molar-refractivity contribution in [3.8, 4) is 0 Å². The summed E-state index contributed by atoms with van der Waals surface area (Å²) in [4.78, 5) is 26.5. The van der Waals surface area contributed by atoms with Crippen molar-refractivity contribution in [3.05, 3.63) is 29.8 Å². The summed E-state index contributed by atoms with van der Waals surface area (Å²) in [6.07, 6.45) is 0.418. The van der Waals surface area contributed by atoms with E-state index in [0.29, 0.717) is 44.0 Å². The van der Waals surface area contributed by atoms with E-state index in [1.165, 1.54) is 0 Å². The van der Waals surface area contributed by atoms with E-state index >= 15 is 0 Å². The molecule has 1 aliphatic carbocycles. The Hall–Kier alpha value is -1.30. The van der Waals surface area contributed by atoms with Crippen LogP contribution in [-0.4, -0.2) is 47.4 Å². The normalized spacial score (nSPS) is 25.8. The van der Waals surface area contributed by atoms with Crippen molar-refractivity contribution >= 4 is 40.7 Å². The zero-order chi connectivity index (χ0) is 16.7. The Labute approximate surface area is 144 Å². The fraction of sp³-hybridized carbons (Fsp3) is 0.500. The smallest absolute Gasteiger partial charge is 0.254 e. The minimum Gasteiger partial charge on any atom is -0.378 e. The number of hydrogen-bond acceptors (Lipinski definition) is 3. The summed E-state index contributed by atoms with van der Waals surface area (Å²) in [5.74, 6) is -0.301. The summed E-state index contributed by atoms with van der Waals surface area (Å²) in [5.41, 5.74) is 0.306. The molecule has 0 radical (unpaired) electrons. The number of nitrogens with zero attached hydrogens (tertiary/aromatic N) is 1. The third kappa shape index (κ3) is 3.18. The number of nitrogens with one attached hydrogen (secondary N) is 1. The van der Waals surface area contributed by atoms with Gasteiger partial charge in [0.1, 0.15) is 4.33 Å². The summed E-state index contributed by atoms with van der Waals surface area (Å²) in [6, 6.07) is 6.89. The fourth-order valence-corrected chi connectivity index (χ4v) is 3.30. The number of carbonyl (C=O) groups excluding carboxylic acids is 2. The Kier molecular flexibility index (Phi) is 4.29. The van der Waals surface area contributed by atoms with Gasteiger partial charge in [-0.3, -0.25) is 9.59 Å². The first kappa shape index (κ1) is 16.6. The van der Waals surface area contributed by atoms with E-state index < -0.39 is 9.75 Å². The Morgan fingerprint density at radius 3 is 2.52 bits per heavy atom. The maximum Gasteiger partial charge on any atom is 0.254 e. The second-order valence-corrected chi connectivity index (χ2v) is 7.64. The molecule has 0 aromatic heterocycles. The van der Waals surface area contributed by atoms with Gasteiger partial charge in [-0.1, -0.05) is 6.07 Å². The lowest BCUT2D eigenvalue weighted by Gasteiger charge is -2.27. The molecule has 5 nitrogen and oxygen atoms in total. The monoisotopic (exact) mass is 356 g/mol. The molecule has 2 fully saturated rings. The van der Waals surface area contributed by atoms with Crippen LogP contribution >= 0.6 is 23.2 Å². The molecule has 3 rings (SSSR count). The van der Waals surface area contributed by atoms with Crippen LogP contribution in [0.1, 0.15) is 23.7 Å². The number of rotatable bonds is 3. The van der Waals surface area contributed by atoms with Gasteiger partial charge in [0.2, 0.25) is 5.91 Å². The zero-order valence-electron chi connectivity index (χ0n) is 12.8. The molecule has 23 heavy (non-hydrogen) atoms. The summed E-state index contributed by atoms with van der Waals surface area (Å²) in [5, 5.41) is 2.79. The molecule has 0 bridgehead atoms. The molecular weight excluding hydrogens is 339 g/mol. The average Bonchev–Trinajstić information content (AvgIpc) is 3.07. The van der Waals surface area contributed by atoms with Crippen LogP contribution in [0.5, 0.6) is 0 Å². The molecule has 1 unspecified atom stereocenters. The van der Waals surface area contributed by atoms with Crippen molar-refractivity contribution in [1.29, 1.82) is 0 Å². The van der Waals surface area contributed by atoms with Crippen LogP contribution in [0.2, 0.25) is 0 Å². The highest BCUT2D eigenvalue weighted by molar-refractivity contribution is 6.53. The predicted molar refractivity (Wildman–Crippen MR) is 89.0 cm³/mol. The number of hydrogen-bond donors (Lipinski definition) is 1. The molecule has 1 saturated heterocycles. The van der Waals surface area contributed by atoms with Gasteiger partial charge < -0.3 is 15.0 Å². The number of alkyl halides is 2. The first-order valence-corrected chi connectivity index (χ1v) is 8.25. The SMILES string of the molecule is CC1(C(=O)Nc2cccc(C(=O)N3CCOCC3)c2)CC1(Cl)Cl. The van der Waals surface area contributed by atoms with Gasteiger partial charge in [-0.25, -0.2) is 0 Å². The summed E-state index contributed by atoms with van der Waals surface area (Å²) < 4.78 is 4.23. The molecule has 7 heteroatoms. The first-order chi connectivity index (χ1) is 10.8.